The highest BCUT2D eigenvalue weighted by Gasteiger charge is 2.09. The first-order valence-electron chi connectivity index (χ1n) is 5.48. The molecule has 1 aromatic heterocycles. The zero-order valence-corrected chi connectivity index (χ0v) is 10.1. The highest BCUT2D eigenvalue weighted by atomic mass is 19.1. The summed E-state index contributed by atoms with van der Waals surface area (Å²) in [7, 11) is 5.66. The Morgan fingerprint density at radius 2 is 2.00 bits per heavy atom. The number of aromatic nitrogens is 2. The van der Waals surface area contributed by atoms with E-state index < -0.39 is 5.82 Å². The van der Waals surface area contributed by atoms with Crippen LogP contribution in [0.4, 0.5) is 10.2 Å². The van der Waals surface area contributed by atoms with Gasteiger partial charge in [-0.3, -0.25) is 0 Å². The Kier molecular flexibility index (Phi) is 3.00. The average molecular weight is 229 g/mol. The lowest BCUT2D eigenvalue weighted by Crippen LogP contribution is -2.16. The van der Waals surface area contributed by atoms with Crippen molar-refractivity contribution in [3.63, 3.8) is 0 Å². The zero-order valence-electron chi connectivity index (χ0n) is 10.1. The highest BCUT2D eigenvalue weighted by molar-refractivity contribution is 6.38. The molecule has 0 fully saturated rings. The van der Waals surface area contributed by atoms with Gasteiger partial charge in [-0.05, 0) is 38.4 Å². The molecule has 0 saturated carbocycles. The Morgan fingerprint density at radius 1 is 1.29 bits per heavy atom. The SMILES string of the molecule is [B]c1c(F)ccc2nc(C)c(NC(C)C)nc12. The fraction of sp³-hybridized carbons (Fsp3) is 0.333. The van der Waals surface area contributed by atoms with Gasteiger partial charge in [0.2, 0.25) is 0 Å². The van der Waals surface area contributed by atoms with Gasteiger partial charge in [0.05, 0.1) is 16.7 Å². The van der Waals surface area contributed by atoms with Crippen LogP contribution >= 0.6 is 0 Å². The van der Waals surface area contributed by atoms with E-state index in [-0.39, 0.29) is 11.5 Å². The van der Waals surface area contributed by atoms with Crippen molar-refractivity contribution in [3.8, 4) is 0 Å². The summed E-state index contributed by atoms with van der Waals surface area (Å²) in [4.78, 5) is 8.70. The predicted octanol–water partition coefficient (Wildman–Crippen LogP) is 1.69. The number of halogens is 1. The summed E-state index contributed by atoms with van der Waals surface area (Å²) in [6.45, 7) is 5.86. The molecule has 0 aliphatic heterocycles. The first-order chi connectivity index (χ1) is 7.99. The highest BCUT2D eigenvalue weighted by Crippen LogP contribution is 2.16. The lowest BCUT2D eigenvalue weighted by Gasteiger charge is -2.13. The van der Waals surface area contributed by atoms with E-state index in [1.165, 1.54) is 6.07 Å². The maximum absolute atomic E-state index is 13.3. The molecule has 0 atom stereocenters. The molecule has 5 heteroatoms. The van der Waals surface area contributed by atoms with Crippen molar-refractivity contribution < 1.29 is 4.39 Å². The Balaban J connectivity index is 2.64. The molecule has 0 amide bonds. The second kappa shape index (κ2) is 4.32. The van der Waals surface area contributed by atoms with E-state index in [0.717, 1.165) is 5.69 Å². The van der Waals surface area contributed by atoms with Gasteiger partial charge in [-0.25, -0.2) is 14.4 Å². The van der Waals surface area contributed by atoms with Gasteiger partial charge in [0.25, 0.3) is 0 Å². The first kappa shape index (κ1) is 11.8. The minimum Gasteiger partial charge on any atom is -0.366 e. The van der Waals surface area contributed by atoms with Gasteiger partial charge in [0.1, 0.15) is 19.5 Å². The number of fused-ring (bicyclic) bond motifs is 1. The molecule has 0 unspecified atom stereocenters. The molecule has 2 radical (unpaired) electrons. The average Bonchev–Trinajstić information content (AvgIpc) is 2.25. The summed E-state index contributed by atoms with van der Waals surface area (Å²) < 4.78 is 13.3. The molecule has 0 aliphatic rings. The topological polar surface area (TPSA) is 37.8 Å². The van der Waals surface area contributed by atoms with E-state index >= 15 is 0 Å². The molecule has 3 nitrogen and oxygen atoms in total. The molecular weight excluding hydrogens is 216 g/mol. The molecule has 1 aromatic carbocycles. The molecule has 1 heterocycles. The number of aryl methyl sites for hydroxylation is 1. The normalized spacial score (nSPS) is 11.1. The van der Waals surface area contributed by atoms with E-state index in [4.69, 9.17) is 7.85 Å². The fourth-order valence-electron chi connectivity index (χ4n) is 1.62. The summed E-state index contributed by atoms with van der Waals surface area (Å²) in [5.41, 5.74) is 1.83. The monoisotopic (exact) mass is 229 g/mol. The van der Waals surface area contributed by atoms with Crippen molar-refractivity contribution >= 4 is 30.2 Å². The number of nitrogens with one attached hydrogen (secondary N) is 1. The molecule has 0 spiro atoms. The fourth-order valence-corrected chi connectivity index (χ4v) is 1.62. The Morgan fingerprint density at radius 3 is 2.65 bits per heavy atom. The number of hydrogen-bond donors (Lipinski definition) is 1. The number of hydrogen-bond acceptors (Lipinski definition) is 3. The maximum atomic E-state index is 13.3. The third-order valence-electron chi connectivity index (χ3n) is 2.42. The molecule has 1 N–H and O–H groups in total. The quantitative estimate of drug-likeness (QED) is 0.796. The predicted molar refractivity (Wildman–Crippen MR) is 68.4 cm³/mol. The second-order valence-corrected chi connectivity index (χ2v) is 4.29. The standard InChI is InChI=1S/C12H13BFN3/c1-6(2)15-12-7(3)16-9-5-4-8(14)10(13)11(9)17-12/h4-6H,1-3H3,(H,15,17). The van der Waals surface area contributed by atoms with Crippen molar-refractivity contribution in [1.82, 2.24) is 9.97 Å². The van der Waals surface area contributed by atoms with Crippen molar-refractivity contribution in [3.05, 3.63) is 23.6 Å². The van der Waals surface area contributed by atoms with Gasteiger partial charge in [0.15, 0.2) is 0 Å². The van der Waals surface area contributed by atoms with Crippen LogP contribution in [-0.4, -0.2) is 23.9 Å². The summed E-state index contributed by atoms with van der Waals surface area (Å²) in [5, 5.41) is 3.16. The molecule has 0 aliphatic carbocycles. The van der Waals surface area contributed by atoms with Gasteiger partial charge in [-0.2, -0.15) is 0 Å². The van der Waals surface area contributed by atoms with Gasteiger partial charge in [-0.1, -0.05) is 0 Å². The van der Waals surface area contributed by atoms with E-state index in [1.54, 1.807) is 6.07 Å². The molecule has 0 bridgehead atoms. The molecule has 0 saturated heterocycles. The van der Waals surface area contributed by atoms with Crippen LogP contribution in [0.1, 0.15) is 19.5 Å². The van der Waals surface area contributed by atoms with Crippen molar-refractivity contribution in [2.75, 3.05) is 5.32 Å². The minimum absolute atomic E-state index is 0.0433. The van der Waals surface area contributed by atoms with Crippen molar-refractivity contribution in [2.45, 2.75) is 26.8 Å². The summed E-state index contributed by atoms with van der Waals surface area (Å²) in [5.74, 6) is 0.177. The van der Waals surface area contributed by atoms with Gasteiger partial charge in [0, 0.05) is 6.04 Å². The van der Waals surface area contributed by atoms with Crippen LogP contribution in [0.5, 0.6) is 0 Å². The van der Waals surface area contributed by atoms with Crippen LogP contribution in [0.3, 0.4) is 0 Å². The van der Waals surface area contributed by atoms with E-state index in [0.29, 0.717) is 16.9 Å². The molecule has 17 heavy (non-hydrogen) atoms. The lowest BCUT2D eigenvalue weighted by atomic mass is 9.93. The van der Waals surface area contributed by atoms with Crippen LogP contribution < -0.4 is 10.8 Å². The Labute approximate surface area is 101 Å². The van der Waals surface area contributed by atoms with Crippen LogP contribution in [0, 0.1) is 12.7 Å². The zero-order chi connectivity index (χ0) is 12.6. The first-order valence-corrected chi connectivity index (χ1v) is 5.48. The van der Waals surface area contributed by atoms with E-state index in [1.807, 2.05) is 20.8 Å². The smallest absolute Gasteiger partial charge is 0.148 e. The van der Waals surface area contributed by atoms with Gasteiger partial charge >= 0.3 is 0 Å². The number of rotatable bonds is 2. The largest absolute Gasteiger partial charge is 0.366 e. The number of nitrogens with zero attached hydrogens (tertiary/aromatic N) is 2. The third kappa shape index (κ3) is 2.23. The molecule has 2 rings (SSSR count). The minimum atomic E-state index is -0.467. The second-order valence-electron chi connectivity index (χ2n) is 4.29. The van der Waals surface area contributed by atoms with Crippen molar-refractivity contribution in [1.29, 1.82) is 0 Å². The van der Waals surface area contributed by atoms with E-state index in [9.17, 15) is 4.39 Å². The summed E-state index contributed by atoms with van der Waals surface area (Å²) >= 11 is 0. The van der Waals surface area contributed by atoms with Crippen LogP contribution in [0.25, 0.3) is 11.0 Å². The van der Waals surface area contributed by atoms with Crippen LogP contribution in [-0.2, 0) is 0 Å². The Hall–Kier alpha value is -1.65. The number of benzene rings is 1. The lowest BCUT2D eigenvalue weighted by molar-refractivity contribution is 0.637. The molecule has 2 aromatic rings. The molecular formula is C12H13BFN3. The molecule has 86 valence electrons. The summed E-state index contributed by atoms with van der Waals surface area (Å²) in [6, 6.07) is 3.12. The third-order valence-corrected chi connectivity index (χ3v) is 2.42. The Bertz CT molecular complexity index is 569. The van der Waals surface area contributed by atoms with Crippen LogP contribution in [0.2, 0.25) is 0 Å². The van der Waals surface area contributed by atoms with Gasteiger partial charge < -0.3 is 5.32 Å². The van der Waals surface area contributed by atoms with Gasteiger partial charge in [-0.15, -0.1) is 0 Å². The van der Waals surface area contributed by atoms with Crippen LogP contribution in [0.15, 0.2) is 12.1 Å². The summed E-state index contributed by atoms with van der Waals surface area (Å²) in [6.07, 6.45) is 0. The number of anilines is 1. The van der Waals surface area contributed by atoms with Crippen molar-refractivity contribution in [2.24, 2.45) is 0 Å². The van der Waals surface area contributed by atoms with E-state index in [2.05, 4.69) is 15.3 Å². The maximum Gasteiger partial charge on any atom is 0.148 e.